The van der Waals surface area contributed by atoms with E-state index in [1.165, 1.54) is 44.1 Å². The second kappa shape index (κ2) is 15.4. The third-order valence-corrected chi connectivity index (χ3v) is 10.8. The molecule has 1 aromatic carbocycles. The van der Waals surface area contributed by atoms with E-state index >= 15 is 0 Å². The molecule has 0 unspecified atom stereocenters. The van der Waals surface area contributed by atoms with E-state index in [1.54, 1.807) is 0 Å². The van der Waals surface area contributed by atoms with Crippen LogP contribution in [0.1, 0.15) is 157 Å². The molecule has 38 heavy (non-hydrogen) atoms. The van der Waals surface area contributed by atoms with Crippen LogP contribution in [0.2, 0.25) is 0 Å². The third-order valence-electron chi connectivity index (χ3n) is 7.74. The molecule has 3 nitrogen and oxygen atoms in total. The van der Waals surface area contributed by atoms with Crippen molar-refractivity contribution in [1.29, 1.82) is 0 Å². The van der Waals surface area contributed by atoms with E-state index < -0.39 is 7.28 Å². The molecule has 0 saturated carbocycles. The van der Waals surface area contributed by atoms with Crippen molar-refractivity contribution in [2.45, 2.75) is 157 Å². The Morgan fingerprint density at radius 2 is 1.05 bits per heavy atom. The van der Waals surface area contributed by atoms with Crippen LogP contribution < -0.4 is 4.52 Å². The topological polar surface area (TPSA) is 49.7 Å². The summed E-state index contributed by atoms with van der Waals surface area (Å²) in [5.74, 6) is 2.17. The van der Waals surface area contributed by atoms with Gasteiger partial charge in [-0.2, -0.15) is 0 Å². The molecule has 0 heterocycles. The predicted molar refractivity (Wildman–Crippen MR) is 171 cm³/mol. The van der Waals surface area contributed by atoms with Gasteiger partial charge in [0.1, 0.15) is 0 Å². The zero-order valence-corrected chi connectivity index (χ0v) is 27.9. The first-order valence-corrected chi connectivity index (χ1v) is 18.2. The number of rotatable bonds is 18. The summed E-state index contributed by atoms with van der Waals surface area (Å²) in [5.41, 5.74) is 2.17. The summed E-state index contributed by atoms with van der Waals surface area (Å²) in [6.45, 7) is 22.3. The third kappa shape index (κ3) is 14.1. The van der Waals surface area contributed by atoms with Crippen molar-refractivity contribution in [3.63, 3.8) is 0 Å². The van der Waals surface area contributed by atoms with Crippen molar-refractivity contribution >= 4 is 7.28 Å². The Labute approximate surface area is 237 Å². The van der Waals surface area contributed by atoms with Crippen molar-refractivity contribution in [3.8, 4) is 5.75 Å². The molecular formula is C34H65O3P. The quantitative estimate of drug-likeness (QED) is 0.141. The van der Waals surface area contributed by atoms with Crippen LogP contribution in [-0.2, 0) is 10.8 Å². The summed E-state index contributed by atoms with van der Waals surface area (Å²) in [6.07, 6.45) is 14.3. The van der Waals surface area contributed by atoms with Crippen LogP contribution in [-0.4, -0.2) is 22.1 Å². The van der Waals surface area contributed by atoms with Gasteiger partial charge in [-0.05, 0) is 0 Å². The molecule has 0 spiro atoms. The molecule has 224 valence electrons. The van der Waals surface area contributed by atoms with Gasteiger partial charge in [0.05, 0.1) is 0 Å². The van der Waals surface area contributed by atoms with Gasteiger partial charge in [0.15, 0.2) is 0 Å². The van der Waals surface area contributed by atoms with Gasteiger partial charge in [0.25, 0.3) is 0 Å². The Morgan fingerprint density at radius 3 is 1.45 bits per heavy atom. The van der Waals surface area contributed by atoms with E-state index in [-0.39, 0.29) is 10.8 Å². The van der Waals surface area contributed by atoms with Gasteiger partial charge >= 0.3 is 238 Å². The van der Waals surface area contributed by atoms with Gasteiger partial charge in [0, 0.05) is 0 Å². The number of benzene rings is 1. The van der Waals surface area contributed by atoms with Gasteiger partial charge in [-0.25, -0.2) is 0 Å². The Bertz CT molecular complexity index is 773. The first-order chi connectivity index (χ1) is 17.4. The van der Waals surface area contributed by atoms with Gasteiger partial charge in [-0.3, -0.25) is 0 Å². The van der Waals surface area contributed by atoms with Gasteiger partial charge in [-0.15, -0.1) is 0 Å². The molecule has 0 saturated heterocycles. The molecule has 2 N–H and O–H groups in total. The van der Waals surface area contributed by atoms with E-state index in [2.05, 4.69) is 81.4 Å². The molecule has 0 aromatic heterocycles. The van der Waals surface area contributed by atoms with Gasteiger partial charge in [0.2, 0.25) is 0 Å². The first kappa shape index (κ1) is 35.4. The van der Waals surface area contributed by atoms with Crippen LogP contribution in [0.3, 0.4) is 0 Å². The molecule has 0 radical (unpaired) electrons. The Balaban J connectivity index is 3.00. The van der Waals surface area contributed by atoms with Crippen LogP contribution in [0.15, 0.2) is 18.2 Å². The summed E-state index contributed by atoms with van der Waals surface area (Å²) >= 11 is 0. The number of hydrogen-bond acceptors (Lipinski definition) is 3. The number of hydrogen-bond donors (Lipinski definition) is 2. The van der Waals surface area contributed by atoms with Gasteiger partial charge in [-0.1, -0.05) is 0 Å². The van der Waals surface area contributed by atoms with E-state index in [0.717, 1.165) is 55.9 Å². The van der Waals surface area contributed by atoms with E-state index in [4.69, 9.17) is 4.52 Å². The van der Waals surface area contributed by atoms with Crippen LogP contribution in [0.25, 0.3) is 0 Å². The summed E-state index contributed by atoms with van der Waals surface area (Å²) in [5, 5.41) is 0. The normalized spacial score (nSPS) is 14.2. The minimum atomic E-state index is -4.33. The number of unbranched alkanes of at least 4 members (excludes halogenated alkanes) is 8. The summed E-state index contributed by atoms with van der Waals surface area (Å²) in [7, 11) is -4.33. The van der Waals surface area contributed by atoms with E-state index in [9.17, 15) is 9.79 Å². The molecule has 4 heteroatoms. The molecule has 1 rings (SSSR count). The van der Waals surface area contributed by atoms with Crippen LogP contribution >= 0.6 is 7.28 Å². The molecule has 1 aromatic rings. The summed E-state index contributed by atoms with van der Waals surface area (Å²) in [4.78, 5) is 23.9. The first-order valence-electron chi connectivity index (χ1n) is 15.8. The second-order valence-corrected chi connectivity index (χ2v) is 18.6. The van der Waals surface area contributed by atoms with Crippen LogP contribution in [0, 0.1) is 11.8 Å². The molecule has 0 aliphatic rings. The molecule has 0 aliphatic carbocycles. The average Bonchev–Trinajstić information content (AvgIpc) is 2.76. The van der Waals surface area contributed by atoms with Crippen molar-refractivity contribution < 1.29 is 14.3 Å². The van der Waals surface area contributed by atoms with Crippen LogP contribution in [0.5, 0.6) is 5.75 Å². The van der Waals surface area contributed by atoms with Gasteiger partial charge < -0.3 is 0 Å². The van der Waals surface area contributed by atoms with Crippen molar-refractivity contribution in [2.75, 3.05) is 12.3 Å². The van der Waals surface area contributed by atoms with E-state index in [0.29, 0.717) is 18.1 Å². The SMILES string of the molecule is CC(C)CCCCCCCP(O)(O)(CCCCCCCC(C)C)Oc1ccc(C(C)(C)C)cc1C(C)(C)C. The van der Waals surface area contributed by atoms with Crippen molar-refractivity contribution in [2.24, 2.45) is 11.8 Å². The van der Waals surface area contributed by atoms with E-state index in [1.807, 2.05) is 6.07 Å². The summed E-state index contributed by atoms with van der Waals surface area (Å²) < 4.78 is 6.47. The molecule has 0 bridgehead atoms. The van der Waals surface area contributed by atoms with Crippen LogP contribution in [0.4, 0.5) is 0 Å². The molecule has 0 aliphatic heterocycles. The fourth-order valence-electron chi connectivity index (χ4n) is 5.12. The molecule has 0 amide bonds. The Hall–Kier alpha value is -0.630. The predicted octanol–water partition coefficient (Wildman–Crippen LogP) is 10.9. The Morgan fingerprint density at radius 1 is 0.632 bits per heavy atom. The van der Waals surface area contributed by atoms with Crippen molar-refractivity contribution in [1.82, 2.24) is 0 Å². The van der Waals surface area contributed by atoms with Crippen molar-refractivity contribution in [3.05, 3.63) is 29.3 Å². The average molecular weight is 553 g/mol. The fourth-order valence-corrected chi connectivity index (χ4v) is 7.86. The zero-order valence-electron chi connectivity index (χ0n) is 27.0. The molecule has 0 atom stereocenters. The molecular weight excluding hydrogens is 487 g/mol. The maximum absolute atomic E-state index is 12.0. The Kier molecular flexibility index (Phi) is 14.3. The second-order valence-electron chi connectivity index (χ2n) is 15.0. The fraction of sp³-hybridized carbons (Fsp3) is 0.824. The zero-order chi connectivity index (χ0) is 29.1. The minimum absolute atomic E-state index is 0.0214. The molecule has 0 fully saturated rings. The standard InChI is InChI=1S/C34H65O3P/c1-28(2)21-17-13-11-15-19-25-38(35,36,26-20-16-12-14-18-22-29(3)4)37-32-24-23-30(33(5,6)7)27-31(32)34(8,9)10/h23-24,27-29,35-36H,11-22,25-26H2,1-10H3. The monoisotopic (exact) mass is 552 g/mol. The maximum atomic E-state index is 12.0. The summed E-state index contributed by atoms with van der Waals surface area (Å²) in [6, 6.07) is 6.31.